The summed E-state index contributed by atoms with van der Waals surface area (Å²) in [7, 11) is 0. The highest BCUT2D eigenvalue weighted by Crippen LogP contribution is 2.28. The number of hydrogen-bond donors (Lipinski definition) is 1. The lowest BCUT2D eigenvalue weighted by molar-refractivity contribution is -0.123. The molecule has 1 aliphatic heterocycles. The van der Waals surface area contributed by atoms with Gasteiger partial charge in [0.25, 0.3) is 0 Å². The third-order valence-electron chi connectivity index (χ3n) is 3.92. The van der Waals surface area contributed by atoms with Crippen LogP contribution < -0.4 is 5.32 Å². The van der Waals surface area contributed by atoms with E-state index in [2.05, 4.69) is 10.4 Å². The highest BCUT2D eigenvalue weighted by atomic mass is 16.5. The van der Waals surface area contributed by atoms with Gasteiger partial charge >= 0.3 is 0 Å². The van der Waals surface area contributed by atoms with Gasteiger partial charge in [-0.2, -0.15) is 5.10 Å². The Hall–Kier alpha value is -2.08. The molecule has 0 bridgehead atoms. The van der Waals surface area contributed by atoms with Crippen LogP contribution in [0.1, 0.15) is 37.0 Å². The van der Waals surface area contributed by atoms with Crippen LogP contribution in [0, 0.1) is 0 Å². The molecule has 2 aromatic heterocycles. The van der Waals surface area contributed by atoms with E-state index in [0.29, 0.717) is 6.42 Å². The van der Waals surface area contributed by atoms with Crippen LogP contribution in [0.5, 0.6) is 0 Å². The van der Waals surface area contributed by atoms with Crippen molar-refractivity contribution in [3.8, 4) is 0 Å². The Morgan fingerprint density at radius 3 is 3.18 bits per heavy atom. The maximum absolute atomic E-state index is 12.2. The molecule has 2 aromatic rings. The monoisotopic (exact) mass is 303 g/mol. The van der Waals surface area contributed by atoms with Crippen molar-refractivity contribution < 1.29 is 13.9 Å². The predicted molar refractivity (Wildman–Crippen MR) is 80.2 cm³/mol. The third kappa shape index (κ3) is 3.39. The molecule has 0 radical (unpaired) electrons. The number of furan rings is 1. The van der Waals surface area contributed by atoms with Crippen molar-refractivity contribution in [3.63, 3.8) is 0 Å². The summed E-state index contributed by atoms with van der Waals surface area (Å²) in [4.78, 5) is 12.2. The standard InChI is InChI=1S/C16H21N3O3/c1-2-19-10-13(9-17-19)16-14(4-3-6-22-16)18-15(20)8-12-5-7-21-11-12/h5,7,9-11,14,16H,2-4,6,8H2,1H3,(H,18,20)/t14-,16+/m0/s1. The molecule has 118 valence electrons. The van der Waals surface area contributed by atoms with Crippen LogP contribution in [-0.2, 0) is 22.5 Å². The Bertz CT molecular complexity index is 606. The molecule has 1 aliphatic rings. The second-order valence-corrected chi connectivity index (χ2v) is 5.55. The lowest BCUT2D eigenvalue weighted by Gasteiger charge is -2.31. The Kier molecular flexibility index (Phi) is 4.58. The van der Waals surface area contributed by atoms with E-state index in [-0.39, 0.29) is 18.1 Å². The van der Waals surface area contributed by atoms with Crippen molar-refractivity contribution >= 4 is 5.91 Å². The molecule has 1 N–H and O–H groups in total. The number of ether oxygens (including phenoxy) is 1. The van der Waals surface area contributed by atoms with Crippen LogP contribution in [0.25, 0.3) is 0 Å². The van der Waals surface area contributed by atoms with E-state index in [0.717, 1.165) is 37.1 Å². The molecule has 3 rings (SSSR count). The molecule has 0 spiro atoms. The number of carbonyl (C=O) groups excluding carboxylic acids is 1. The summed E-state index contributed by atoms with van der Waals surface area (Å²) >= 11 is 0. The first-order valence-corrected chi connectivity index (χ1v) is 7.70. The van der Waals surface area contributed by atoms with Crippen molar-refractivity contribution in [3.05, 3.63) is 42.1 Å². The molecule has 6 heteroatoms. The number of carbonyl (C=O) groups is 1. The fraction of sp³-hybridized carbons (Fsp3) is 0.500. The topological polar surface area (TPSA) is 69.3 Å². The summed E-state index contributed by atoms with van der Waals surface area (Å²) in [6.45, 7) is 3.59. The minimum Gasteiger partial charge on any atom is -0.472 e. The lowest BCUT2D eigenvalue weighted by Crippen LogP contribution is -2.43. The average molecular weight is 303 g/mol. The fourth-order valence-electron chi connectivity index (χ4n) is 2.79. The van der Waals surface area contributed by atoms with Gasteiger partial charge in [-0.1, -0.05) is 0 Å². The number of nitrogens with zero attached hydrogens (tertiary/aromatic N) is 2. The Morgan fingerprint density at radius 2 is 2.45 bits per heavy atom. The summed E-state index contributed by atoms with van der Waals surface area (Å²) < 4.78 is 12.8. The zero-order valence-corrected chi connectivity index (χ0v) is 12.7. The van der Waals surface area contributed by atoms with E-state index < -0.39 is 0 Å². The molecule has 6 nitrogen and oxygen atoms in total. The van der Waals surface area contributed by atoms with Crippen LogP contribution in [-0.4, -0.2) is 28.3 Å². The van der Waals surface area contributed by atoms with Gasteiger partial charge in [0, 0.05) is 24.9 Å². The Balaban J connectivity index is 1.65. The summed E-state index contributed by atoms with van der Waals surface area (Å²) in [5.74, 6) is -0.00946. The highest BCUT2D eigenvalue weighted by Gasteiger charge is 2.29. The zero-order chi connectivity index (χ0) is 15.4. The van der Waals surface area contributed by atoms with E-state index in [4.69, 9.17) is 9.15 Å². The van der Waals surface area contributed by atoms with Crippen molar-refractivity contribution in [1.82, 2.24) is 15.1 Å². The second-order valence-electron chi connectivity index (χ2n) is 5.55. The van der Waals surface area contributed by atoms with Crippen LogP contribution in [0.3, 0.4) is 0 Å². The highest BCUT2D eigenvalue weighted by molar-refractivity contribution is 5.78. The van der Waals surface area contributed by atoms with E-state index in [1.165, 1.54) is 0 Å². The summed E-state index contributed by atoms with van der Waals surface area (Å²) in [6, 6.07) is 1.79. The average Bonchev–Trinajstić information content (AvgIpc) is 3.19. The first kappa shape index (κ1) is 14.8. The maximum Gasteiger partial charge on any atom is 0.224 e. The van der Waals surface area contributed by atoms with E-state index in [9.17, 15) is 4.79 Å². The van der Waals surface area contributed by atoms with Gasteiger partial charge in [-0.15, -0.1) is 0 Å². The number of aryl methyl sites for hydroxylation is 1. The van der Waals surface area contributed by atoms with Crippen molar-refractivity contribution in [2.24, 2.45) is 0 Å². The molecule has 1 saturated heterocycles. The first-order chi connectivity index (χ1) is 10.8. The van der Waals surface area contributed by atoms with Crippen molar-refractivity contribution in [1.29, 1.82) is 0 Å². The first-order valence-electron chi connectivity index (χ1n) is 7.70. The van der Waals surface area contributed by atoms with E-state index in [1.807, 2.05) is 24.0 Å². The number of rotatable bonds is 5. The van der Waals surface area contributed by atoms with Crippen LogP contribution in [0.2, 0.25) is 0 Å². The van der Waals surface area contributed by atoms with Gasteiger partial charge in [-0.05, 0) is 31.4 Å². The maximum atomic E-state index is 12.2. The van der Waals surface area contributed by atoms with Gasteiger partial charge in [0.05, 0.1) is 31.2 Å². The van der Waals surface area contributed by atoms with Crippen LogP contribution in [0.4, 0.5) is 0 Å². The summed E-state index contributed by atoms with van der Waals surface area (Å²) in [5.41, 5.74) is 1.90. The number of nitrogens with one attached hydrogen (secondary N) is 1. The normalized spacial score (nSPS) is 21.7. The lowest BCUT2D eigenvalue weighted by atomic mass is 9.98. The van der Waals surface area contributed by atoms with Gasteiger partial charge < -0.3 is 14.5 Å². The second kappa shape index (κ2) is 6.79. The molecular formula is C16H21N3O3. The minimum absolute atomic E-state index is 0.00946. The third-order valence-corrected chi connectivity index (χ3v) is 3.92. The van der Waals surface area contributed by atoms with Crippen molar-refractivity contribution in [2.45, 2.75) is 44.9 Å². The van der Waals surface area contributed by atoms with E-state index in [1.54, 1.807) is 18.6 Å². The SMILES string of the molecule is CCn1cc([C@H]2OCCC[C@@H]2NC(=O)Cc2ccoc2)cn1. The molecule has 2 atom stereocenters. The summed E-state index contributed by atoms with van der Waals surface area (Å²) in [5, 5.41) is 7.39. The molecule has 3 heterocycles. The molecule has 0 unspecified atom stereocenters. The van der Waals surface area contributed by atoms with Crippen LogP contribution in [0.15, 0.2) is 35.4 Å². The smallest absolute Gasteiger partial charge is 0.224 e. The van der Waals surface area contributed by atoms with E-state index >= 15 is 0 Å². The predicted octanol–water partition coefficient (Wildman–Crippen LogP) is 2.08. The largest absolute Gasteiger partial charge is 0.472 e. The molecule has 0 aliphatic carbocycles. The zero-order valence-electron chi connectivity index (χ0n) is 12.7. The van der Waals surface area contributed by atoms with Gasteiger partial charge in [0.1, 0.15) is 6.10 Å². The van der Waals surface area contributed by atoms with Crippen molar-refractivity contribution in [2.75, 3.05) is 6.61 Å². The van der Waals surface area contributed by atoms with Crippen LogP contribution >= 0.6 is 0 Å². The minimum atomic E-state index is -0.123. The number of aromatic nitrogens is 2. The molecular weight excluding hydrogens is 282 g/mol. The van der Waals surface area contributed by atoms with Gasteiger partial charge in [0.15, 0.2) is 0 Å². The van der Waals surface area contributed by atoms with Gasteiger partial charge in [-0.25, -0.2) is 0 Å². The molecule has 1 fully saturated rings. The Morgan fingerprint density at radius 1 is 1.55 bits per heavy atom. The summed E-state index contributed by atoms with van der Waals surface area (Å²) in [6.07, 6.45) is 9.07. The number of hydrogen-bond acceptors (Lipinski definition) is 4. The Labute approximate surface area is 129 Å². The molecule has 1 amide bonds. The fourth-order valence-corrected chi connectivity index (χ4v) is 2.79. The molecule has 0 aromatic carbocycles. The quantitative estimate of drug-likeness (QED) is 0.918. The van der Waals surface area contributed by atoms with Gasteiger partial charge in [0.2, 0.25) is 5.91 Å². The number of amides is 1. The molecule has 22 heavy (non-hydrogen) atoms. The van der Waals surface area contributed by atoms with Gasteiger partial charge in [-0.3, -0.25) is 9.48 Å². The molecule has 0 saturated carbocycles.